The molecular formula is C67H58N8O2. The summed E-state index contributed by atoms with van der Waals surface area (Å²) < 4.78 is 3.87. The lowest BCUT2D eigenvalue weighted by atomic mass is 9.72. The van der Waals surface area contributed by atoms with E-state index in [0.29, 0.717) is 0 Å². The summed E-state index contributed by atoms with van der Waals surface area (Å²) in [6.07, 6.45) is 10.8. The molecule has 378 valence electrons. The van der Waals surface area contributed by atoms with Crippen LogP contribution in [0.15, 0.2) is 207 Å². The summed E-state index contributed by atoms with van der Waals surface area (Å²) >= 11 is 0. The lowest BCUT2D eigenvalue weighted by Gasteiger charge is -2.38. The zero-order valence-corrected chi connectivity index (χ0v) is 43.1. The molecule has 0 spiro atoms. The number of benzene rings is 8. The Bertz CT molecular complexity index is 3820. The molecule has 2 aliphatic rings. The molecule has 77 heavy (non-hydrogen) atoms. The Labute approximate surface area is 447 Å². The average Bonchev–Trinajstić information content (AvgIpc) is 4.05. The van der Waals surface area contributed by atoms with Crippen molar-refractivity contribution in [3.8, 4) is 67.0 Å². The number of nitrogens with zero attached hydrogens (tertiary/aromatic N) is 6. The molecule has 2 fully saturated rings. The fourth-order valence-electron chi connectivity index (χ4n) is 11.0. The molecule has 0 aliphatic heterocycles. The van der Waals surface area contributed by atoms with Gasteiger partial charge in [0.25, 0.3) is 6.47 Å². The number of fused-ring (bicyclic) bond motifs is 6. The highest BCUT2D eigenvalue weighted by molar-refractivity contribution is 6.06. The lowest BCUT2D eigenvalue weighted by Crippen LogP contribution is -2.43. The van der Waals surface area contributed by atoms with Crippen LogP contribution in [0.25, 0.3) is 100 Å². The number of aromatic nitrogens is 6. The maximum atomic E-state index is 8.36. The van der Waals surface area contributed by atoms with Crippen LogP contribution in [0.5, 0.6) is 0 Å². The summed E-state index contributed by atoms with van der Waals surface area (Å²) in [6, 6.07) is 68.2. The summed E-state index contributed by atoms with van der Waals surface area (Å²) in [6.45, 7) is 3.97. The molecule has 2 saturated carbocycles. The van der Waals surface area contributed by atoms with Gasteiger partial charge in [0, 0.05) is 45.7 Å². The van der Waals surface area contributed by atoms with E-state index in [1.807, 2.05) is 21.2 Å². The Hall–Kier alpha value is -9.09. The molecule has 2 aliphatic carbocycles. The fourth-order valence-corrected chi connectivity index (χ4v) is 11.0. The molecule has 0 atom stereocenters. The van der Waals surface area contributed by atoms with Gasteiger partial charge in [0.15, 0.2) is 11.3 Å². The van der Waals surface area contributed by atoms with E-state index in [2.05, 4.69) is 208 Å². The zero-order chi connectivity index (χ0) is 52.7. The van der Waals surface area contributed by atoms with Crippen LogP contribution in [-0.4, -0.2) is 40.8 Å². The first-order valence-corrected chi connectivity index (χ1v) is 26.4. The quantitative estimate of drug-likeness (QED) is 0.127. The smallest absolute Gasteiger partial charge is 0.290 e. The first kappa shape index (κ1) is 48.8. The molecule has 8 aromatic carbocycles. The molecule has 10 nitrogen and oxygen atoms in total. The minimum Gasteiger partial charge on any atom is -0.483 e. The second-order valence-electron chi connectivity index (χ2n) is 20.7. The van der Waals surface area contributed by atoms with Gasteiger partial charge in [0.05, 0.1) is 33.2 Å². The van der Waals surface area contributed by atoms with Crippen LogP contribution in [-0.2, 0) is 15.9 Å². The second-order valence-corrected chi connectivity index (χ2v) is 20.7. The van der Waals surface area contributed by atoms with Gasteiger partial charge in [0.2, 0.25) is 0 Å². The number of carbonyl (C=O) groups is 1. The normalized spacial score (nSPS) is 14.2. The lowest BCUT2D eigenvalue weighted by molar-refractivity contribution is -0.122. The summed E-state index contributed by atoms with van der Waals surface area (Å²) in [5.74, 6) is 0. The van der Waals surface area contributed by atoms with Crippen molar-refractivity contribution in [1.29, 1.82) is 0 Å². The second kappa shape index (κ2) is 20.2. The third kappa shape index (κ3) is 9.21. The number of aryl methyl sites for hydroxylation is 2. The van der Waals surface area contributed by atoms with Crippen molar-refractivity contribution in [1.82, 2.24) is 29.2 Å². The van der Waals surface area contributed by atoms with E-state index in [1.165, 1.54) is 46.2 Å². The highest BCUT2D eigenvalue weighted by Crippen LogP contribution is 2.43. The minimum absolute atomic E-state index is 0.178. The summed E-state index contributed by atoms with van der Waals surface area (Å²) in [5.41, 5.74) is 34.4. The van der Waals surface area contributed by atoms with Crippen molar-refractivity contribution in [2.45, 2.75) is 63.5 Å². The Morgan fingerprint density at radius 2 is 0.766 bits per heavy atom. The van der Waals surface area contributed by atoms with Gasteiger partial charge in [-0.05, 0) is 109 Å². The van der Waals surface area contributed by atoms with Crippen LogP contribution in [0.1, 0.15) is 60.8 Å². The molecule has 0 bridgehead atoms. The summed E-state index contributed by atoms with van der Waals surface area (Å²) in [4.78, 5) is 19.0. The number of nitrogens with two attached hydrogens (primary N) is 2. The van der Waals surface area contributed by atoms with Crippen molar-refractivity contribution in [3.63, 3.8) is 0 Å². The van der Waals surface area contributed by atoms with Crippen LogP contribution in [0.3, 0.4) is 0 Å². The molecule has 0 saturated heterocycles. The molecule has 10 heteroatoms. The fraction of sp³-hybridized carbons (Fsp3) is 0.149. The third-order valence-corrected chi connectivity index (χ3v) is 15.7. The van der Waals surface area contributed by atoms with Crippen molar-refractivity contribution in [2.24, 2.45) is 11.5 Å². The Kier molecular flexibility index (Phi) is 12.8. The molecule has 0 amide bonds. The number of hydrogen-bond acceptors (Lipinski definition) is 7. The summed E-state index contributed by atoms with van der Waals surface area (Å²) in [7, 11) is 0. The average molecular weight is 1010 g/mol. The SMILES string of the molecule is Cc1ccc(-c2cccc3nn4cc(-c5ccccc5)c(-c5ccc(C6(N)CCC6)cc5)nc4c23)cc1.Cc1ccc(-c2cccc3nn4cc(-c5ccccc5)c(-c5ccc(C6(N)CCC6)cc5)nc4c23)cc1.O=CO. The van der Waals surface area contributed by atoms with Crippen molar-refractivity contribution < 1.29 is 9.90 Å². The largest absolute Gasteiger partial charge is 0.483 e. The monoisotopic (exact) mass is 1010 g/mol. The van der Waals surface area contributed by atoms with Crippen LogP contribution in [0.2, 0.25) is 0 Å². The number of rotatable bonds is 8. The maximum absolute atomic E-state index is 8.36. The topological polar surface area (TPSA) is 150 Å². The maximum Gasteiger partial charge on any atom is 0.290 e. The van der Waals surface area contributed by atoms with E-state index in [-0.39, 0.29) is 17.6 Å². The van der Waals surface area contributed by atoms with Crippen molar-refractivity contribution >= 4 is 39.6 Å². The third-order valence-electron chi connectivity index (χ3n) is 15.7. The summed E-state index contributed by atoms with van der Waals surface area (Å²) in [5, 5.41) is 18.9. The number of hydrogen-bond donors (Lipinski definition) is 3. The molecule has 4 heterocycles. The van der Waals surface area contributed by atoms with Crippen LogP contribution in [0, 0.1) is 13.8 Å². The standard InChI is InChI=1S/2C33H28N4.CH2O2/c2*1-22-11-13-24(14-12-22)27-9-5-10-29-30(27)32-35-31(25-15-17-26(18-16-25)33(34)19-6-20-33)28(21-37(32)36-29)23-7-3-2-4-8-23;2-1-3/h2*2-5,7-18,21H,6,19-20,34H2,1H3;1H,(H,2,3). The molecule has 0 radical (unpaired) electrons. The molecule has 12 aromatic rings. The van der Waals surface area contributed by atoms with Crippen molar-refractivity contribution in [2.75, 3.05) is 0 Å². The predicted molar refractivity (Wildman–Crippen MR) is 311 cm³/mol. The van der Waals surface area contributed by atoms with E-state index >= 15 is 0 Å². The van der Waals surface area contributed by atoms with Gasteiger partial charge >= 0.3 is 0 Å². The van der Waals surface area contributed by atoms with E-state index in [1.54, 1.807) is 0 Å². The van der Waals surface area contributed by atoms with E-state index in [0.717, 1.165) is 115 Å². The van der Waals surface area contributed by atoms with Crippen molar-refractivity contribution in [3.05, 3.63) is 229 Å². The molecule has 14 rings (SSSR count). The van der Waals surface area contributed by atoms with E-state index in [9.17, 15) is 0 Å². The van der Waals surface area contributed by atoms with Gasteiger partial charge in [-0.2, -0.15) is 10.2 Å². The molecule has 5 N–H and O–H groups in total. The zero-order valence-electron chi connectivity index (χ0n) is 43.1. The molecular weight excluding hydrogens is 949 g/mol. The van der Waals surface area contributed by atoms with Crippen LogP contribution >= 0.6 is 0 Å². The van der Waals surface area contributed by atoms with E-state index < -0.39 is 0 Å². The van der Waals surface area contributed by atoms with Gasteiger partial charge < -0.3 is 16.6 Å². The van der Waals surface area contributed by atoms with Crippen LogP contribution < -0.4 is 11.5 Å². The predicted octanol–water partition coefficient (Wildman–Crippen LogP) is 14.8. The first-order valence-electron chi connectivity index (χ1n) is 26.4. The van der Waals surface area contributed by atoms with Gasteiger partial charge in [-0.15, -0.1) is 0 Å². The molecule has 4 aromatic heterocycles. The number of carboxylic acid groups (broad SMARTS) is 1. The van der Waals surface area contributed by atoms with Gasteiger partial charge in [-0.1, -0.05) is 193 Å². The van der Waals surface area contributed by atoms with Crippen LogP contribution in [0.4, 0.5) is 0 Å². The van der Waals surface area contributed by atoms with Gasteiger partial charge in [-0.25, -0.2) is 19.0 Å². The highest BCUT2D eigenvalue weighted by Gasteiger charge is 2.35. The Balaban J connectivity index is 0.000000147. The van der Waals surface area contributed by atoms with Gasteiger partial charge in [0.1, 0.15) is 0 Å². The minimum atomic E-state index is -0.250. The van der Waals surface area contributed by atoms with E-state index in [4.69, 9.17) is 41.5 Å². The molecule has 0 unspecified atom stereocenters. The van der Waals surface area contributed by atoms with Gasteiger partial charge in [-0.3, -0.25) is 4.79 Å². The Morgan fingerprint density at radius 1 is 0.429 bits per heavy atom. The highest BCUT2D eigenvalue weighted by atomic mass is 16.3. The Morgan fingerprint density at radius 3 is 1.10 bits per heavy atom. The first-order chi connectivity index (χ1) is 37.6.